The zero-order valence-corrected chi connectivity index (χ0v) is 25.0. The number of nitrogens with zero attached hydrogens (tertiary/aromatic N) is 3. The van der Waals surface area contributed by atoms with Crippen LogP contribution in [0.3, 0.4) is 0 Å². The van der Waals surface area contributed by atoms with Crippen molar-refractivity contribution in [3.63, 3.8) is 0 Å². The molecule has 1 unspecified atom stereocenters. The first-order valence-corrected chi connectivity index (χ1v) is 14.8. The molecule has 0 saturated heterocycles. The zero-order chi connectivity index (χ0) is 32.5. The van der Waals surface area contributed by atoms with Gasteiger partial charge < -0.3 is 20.2 Å². The van der Waals surface area contributed by atoms with Crippen LogP contribution in [-0.4, -0.2) is 45.4 Å². The Kier molecular flexibility index (Phi) is 8.15. The molecule has 46 heavy (non-hydrogen) atoms. The van der Waals surface area contributed by atoms with Crippen LogP contribution in [0.1, 0.15) is 35.6 Å². The average molecular weight is 625 g/mol. The molecule has 5 aromatic rings. The van der Waals surface area contributed by atoms with E-state index in [9.17, 15) is 23.2 Å². The summed E-state index contributed by atoms with van der Waals surface area (Å²) in [5.41, 5.74) is 0.138. The minimum atomic E-state index is -4.67. The Balaban J connectivity index is 1.58. The Bertz CT molecular complexity index is 2000. The number of amides is 2. The number of carbonyl (C=O) groups excluding carboxylic acids is 2. The molecule has 0 bridgehead atoms. The topological polar surface area (TPSA) is 108 Å². The van der Waals surface area contributed by atoms with Gasteiger partial charge in [-0.05, 0) is 47.9 Å². The van der Waals surface area contributed by atoms with Crippen LogP contribution in [-0.2, 0) is 28.7 Å². The van der Waals surface area contributed by atoms with Gasteiger partial charge in [0.25, 0.3) is 5.91 Å². The van der Waals surface area contributed by atoms with Crippen molar-refractivity contribution >= 4 is 39.3 Å². The van der Waals surface area contributed by atoms with E-state index in [0.29, 0.717) is 36.0 Å². The van der Waals surface area contributed by atoms with Gasteiger partial charge in [0, 0.05) is 60.6 Å². The van der Waals surface area contributed by atoms with Crippen molar-refractivity contribution in [1.82, 2.24) is 20.2 Å². The lowest BCUT2D eigenvalue weighted by atomic mass is 9.93. The van der Waals surface area contributed by atoms with Gasteiger partial charge in [0.2, 0.25) is 5.91 Å². The van der Waals surface area contributed by atoms with Gasteiger partial charge in [0.15, 0.2) is 5.66 Å². The van der Waals surface area contributed by atoms with E-state index in [2.05, 4.69) is 21.4 Å². The molecule has 3 aromatic carbocycles. The molecule has 0 spiro atoms. The van der Waals surface area contributed by atoms with Crippen LogP contribution in [0.15, 0.2) is 91.3 Å². The summed E-state index contributed by atoms with van der Waals surface area (Å²) >= 11 is 0. The molecule has 1 aliphatic rings. The summed E-state index contributed by atoms with van der Waals surface area (Å²) in [5.74, 6) is -1.08. The normalized spacial score (nSPS) is 15.0. The van der Waals surface area contributed by atoms with Gasteiger partial charge in [0.05, 0.1) is 29.4 Å². The Morgan fingerprint density at radius 2 is 1.70 bits per heavy atom. The summed E-state index contributed by atoms with van der Waals surface area (Å²) in [4.78, 5) is 37.9. The molecular weight excluding hydrogens is 593 g/mol. The number of nitrogens with one attached hydrogen (secondary N) is 3. The molecule has 3 heterocycles. The molecule has 234 valence electrons. The van der Waals surface area contributed by atoms with Crippen molar-refractivity contribution in [3.8, 4) is 6.07 Å². The minimum absolute atomic E-state index is 0.0342. The van der Waals surface area contributed by atoms with Crippen LogP contribution in [0.4, 0.5) is 18.9 Å². The Labute approximate surface area is 263 Å². The third kappa shape index (κ3) is 5.75. The van der Waals surface area contributed by atoms with Crippen LogP contribution < -0.4 is 10.2 Å². The highest BCUT2D eigenvalue weighted by Gasteiger charge is 2.49. The number of anilines is 1. The summed E-state index contributed by atoms with van der Waals surface area (Å²) in [6.07, 6.45) is 3.23. The number of aromatic nitrogens is 2. The van der Waals surface area contributed by atoms with Crippen LogP contribution in [0.5, 0.6) is 0 Å². The summed E-state index contributed by atoms with van der Waals surface area (Å²) in [7, 11) is 0. The van der Waals surface area contributed by atoms with Gasteiger partial charge >= 0.3 is 6.18 Å². The standard InChI is InChI=1S/C35H31F3N6O2/c1-23(45)42-34(43-15-7-2-8-16-43,18-26-20-40-30-12-6-4-10-27(26)30)33(46)44(22-25-9-3-5-11-29(25)35(36,37)38)32-21-41-31-14-13-24(19-39)17-28(31)32/h2-7,9-14,17,20-21,40-41H,8,15-16,18,22H2,1H3,(H,42,45). The minimum Gasteiger partial charge on any atom is -0.361 e. The first kappa shape index (κ1) is 30.7. The second-order valence-electron chi connectivity index (χ2n) is 11.4. The maximum atomic E-state index is 15.4. The number of carbonyl (C=O) groups is 2. The third-order valence-corrected chi connectivity index (χ3v) is 8.43. The summed E-state index contributed by atoms with van der Waals surface area (Å²) < 4.78 is 42.8. The molecule has 11 heteroatoms. The summed E-state index contributed by atoms with van der Waals surface area (Å²) in [6, 6.07) is 19.7. The molecule has 0 fully saturated rings. The van der Waals surface area contributed by atoms with E-state index in [-0.39, 0.29) is 17.7 Å². The van der Waals surface area contributed by atoms with Crippen molar-refractivity contribution < 1.29 is 22.8 Å². The summed E-state index contributed by atoms with van der Waals surface area (Å²) in [5, 5.41) is 14.0. The number of hydrogen-bond acceptors (Lipinski definition) is 4. The number of fused-ring (bicyclic) bond motifs is 2. The molecule has 2 aromatic heterocycles. The molecule has 2 amide bonds. The van der Waals surface area contributed by atoms with Crippen molar-refractivity contribution in [2.75, 3.05) is 18.0 Å². The molecular formula is C35H31F3N6O2. The smallest absolute Gasteiger partial charge is 0.361 e. The van der Waals surface area contributed by atoms with Crippen molar-refractivity contribution in [1.29, 1.82) is 5.26 Å². The highest BCUT2D eigenvalue weighted by atomic mass is 19.4. The van der Waals surface area contributed by atoms with Gasteiger partial charge in [-0.15, -0.1) is 0 Å². The first-order chi connectivity index (χ1) is 22.1. The molecule has 1 atom stereocenters. The number of nitriles is 1. The number of rotatable bonds is 8. The number of hydrogen-bond donors (Lipinski definition) is 3. The average Bonchev–Trinajstić information content (AvgIpc) is 3.66. The van der Waals surface area contributed by atoms with Crippen LogP contribution in [0, 0.1) is 11.3 Å². The maximum Gasteiger partial charge on any atom is 0.416 e. The summed E-state index contributed by atoms with van der Waals surface area (Å²) in [6.45, 7) is 1.63. The predicted molar refractivity (Wildman–Crippen MR) is 170 cm³/mol. The van der Waals surface area contributed by atoms with E-state index >= 15 is 4.79 Å². The van der Waals surface area contributed by atoms with E-state index in [0.717, 1.165) is 22.5 Å². The number of aromatic amines is 2. The van der Waals surface area contributed by atoms with Crippen LogP contribution in [0.2, 0.25) is 0 Å². The van der Waals surface area contributed by atoms with Crippen molar-refractivity contribution in [2.24, 2.45) is 0 Å². The van der Waals surface area contributed by atoms with Gasteiger partial charge in [-0.2, -0.15) is 18.4 Å². The molecule has 0 saturated carbocycles. The molecule has 0 aliphatic carbocycles. The van der Waals surface area contributed by atoms with Crippen LogP contribution in [0.25, 0.3) is 21.8 Å². The van der Waals surface area contributed by atoms with Crippen molar-refractivity contribution in [3.05, 3.63) is 114 Å². The lowest BCUT2D eigenvalue weighted by Crippen LogP contribution is -2.70. The number of H-pyrrole nitrogens is 2. The van der Waals surface area contributed by atoms with Gasteiger partial charge in [-0.25, -0.2) is 0 Å². The fraction of sp³-hybridized carbons (Fsp3) is 0.229. The largest absolute Gasteiger partial charge is 0.416 e. The van der Waals surface area contributed by atoms with E-state index in [1.807, 2.05) is 41.3 Å². The lowest BCUT2D eigenvalue weighted by Gasteiger charge is -2.46. The molecule has 1 aliphatic heterocycles. The number of para-hydroxylation sites is 1. The molecule has 6 rings (SSSR count). The maximum absolute atomic E-state index is 15.4. The third-order valence-electron chi connectivity index (χ3n) is 8.43. The quantitative estimate of drug-likeness (QED) is 0.174. The van der Waals surface area contributed by atoms with E-state index in [1.165, 1.54) is 30.0 Å². The van der Waals surface area contributed by atoms with Gasteiger partial charge in [0.1, 0.15) is 0 Å². The Hall–Kier alpha value is -5.34. The highest BCUT2D eigenvalue weighted by molar-refractivity contribution is 6.08. The van der Waals surface area contributed by atoms with Crippen LogP contribution >= 0.6 is 0 Å². The molecule has 0 radical (unpaired) electrons. The van der Waals surface area contributed by atoms with Gasteiger partial charge in [-0.1, -0.05) is 48.6 Å². The molecule has 8 nitrogen and oxygen atoms in total. The number of benzene rings is 3. The van der Waals surface area contributed by atoms with Crippen molar-refractivity contribution in [2.45, 2.75) is 38.1 Å². The predicted octanol–water partition coefficient (Wildman–Crippen LogP) is 6.41. The second kappa shape index (κ2) is 12.2. The second-order valence-corrected chi connectivity index (χ2v) is 11.4. The van der Waals surface area contributed by atoms with Gasteiger partial charge in [-0.3, -0.25) is 14.5 Å². The lowest BCUT2D eigenvalue weighted by molar-refractivity contribution is -0.140. The highest BCUT2D eigenvalue weighted by Crippen LogP contribution is 2.37. The Morgan fingerprint density at radius 3 is 2.43 bits per heavy atom. The number of halogens is 3. The zero-order valence-electron chi connectivity index (χ0n) is 25.0. The fourth-order valence-electron chi connectivity index (χ4n) is 6.33. The van der Waals surface area contributed by atoms with E-state index in [4.69, 9.17) is 0 Å². The Morgan fingerprint density at radius 1 is 0.957 bits per heavy atom. The molecule has 3 N–H and O–H groups in total. The van der Waals surface area contributed by atoms with E-state index in [1.54, 1.807) is 30.6 Å². The van der Waals surface area contributed by atoms with E-state index < -0.39 is 35.8 Å². The monoisotopic (exact) mass is 624 g/mol. The fourth-order valence-corrected chi connectivity index (χ4v) is 6.33. The number of alkyl halides is 3. The first-order valence-electron chi connectivity index (χ1n) is 14.8. The SMILES string of the molecule is CC(=O)NC(Cc1c[nH]c2ccccc12)(C(=O)N(Cc1ccccc1C(F)(F)F)c1c[nH]c2ccc(C#N)cc12)N1CC=CCC1.